The third-order valence-electron chi connectivity index (χ3n) is 4.17. The van der Waals surface area contributed by atoms with Crippen LogP contribution in [0.3, 0.4) is 0 Å². The van der Waals surface area contributed by atoms with Crippen molar-refractivity contribution in [3.8, 4) is 0 Å². The van der Waals surface area contributed by atoms with Gasteiger partial charge in [-0.25, -0.2) is 0 Å². The van der Waals surface area contributed by atoms with Crippen LogP contribution in [0.1, 0.15) is 46.5 Å². The molecule has 4 heteroatoms. The quantitative estimate of drug-likeness (QED) is 0.941. The van der Waals surface area contributed by atoms with Gasteiger partial charge in [-0.2, -0.15) is 0 Å². The molecule has 1 heterocycles. The van der Waals surface area contributed by atoms with E-state index in [0.29, 0.717) is 11.1 Å². The Bertz CT molecular complexity index is 750. The highest BCUT2D eigenvalue weighted by atomic mass is 16.2. The van der Waals surface area contributed by atoms with Crippen LogP contribution in [0.2, 0.25) is 0 Å². The maximum Gasteiger partial charge on any atom is 0.258 e. The lowest BCUT2D eigenvalue weighted by Gasteiger charge is -2.29. The Labute approximate surface area is 142 Å². The number of carbonyl (C=O) groups is 2. The molecule has 2 aromatic rings. The van der Waals surface area contributed by atoms with Gasteiger partial charge in [-0.3, -0.25) is 9.59 Å². The first-order valence-corrected chi connectivity index (χ1v) is 8.37. The minimum absolute atomic E-state index is 0.0158. The Balaban J connectivity index is 1.80. The van der Waals surface area contributed by atoms with Gasteiger partial charge in [0.1, 0.15) is 0 Å². The molecule has 1 N–H and O–H groups in total. The molecule has 2 amide bonds. The van der Waals surface area contributed by atoms with Crippen LogP contribution in [0.25, 0.3) is 0 Å². The van der Waals surface area contributed by atoms with Crippen LogP contribution >= 0.6 is 0 Å². The van der Waals surface area contributed by atoms with Gasteiger partial charge in [-0.15, -0.1) is 0 Å². The third-order valence-corrected chi connectivity index (χ3v) is 4.17. The number of amides is 2. The summed E-state index contributed by atoms with van der Waals surface area (Å²) < 4.78 is 0. The predicted molar refractivity (Wildman–Crippen MR) is 95.5 cm³/mol. The second-order valence-electron chi connectivity index (χ2n) is 6.39. The van der Waals surface area contributed by atoms with Gasteiger partial charge in [0, 0.05) is 29.4 Å². The summed E-state index contributed by atoms with van der Waals surface area (Å²) in [6, 6.07) is 15.0. The number of anilines is 1. The normalized spacial score (nSPS) is 13.5. The molecule has 124 valence electrons. The van der Waals surface area contributed by atoms with Crippen molar-refractivity contribution in [2.45, 2.75) is 32.7 Å². The highest BCUT2D eigenvalue weighted by molar-refractivity contribution is 6.07. The minimum atomic E-state index is -0.118. The molecule has 0 aromatic heterocycles. The summed E-state index contributed by atoms with van der Waals surface area (Å²) in [4.78, 5) is 26.7. The Morgan fingerprint density at radius 3 is 2.38 bits per heavy atom. The van der Waals surface area contributed by atoms with E-state index >= 15 is 0 Å². The van der Waals surface area contributed by atoms with Crippen LogP contribution in [0.4, 0.5) is 5.69 Å². The van der Waals surface area contributed by atoms with E-state index in [4.69, 9.17) is 0 Å². The molecule has 0 fully saturated rings. The molecular weight excluding hydrogens is 300 g/mol. The molecule has 0 aliphatic carbocycles. The molecule has 0 bridgehead atoms. The molecule has 1 aliphatic rings. The number of rotatable bonds is 3. The zero-order valence-corrected chi connectivity index (χ0v) is 14.1. The van der Waals surface area contributed by atoms with Crippen LogP contribution < -0.4 is 10.2 Å². The first kappa shape index (κ1) is 16.2. The summed E-state index contributed by atoms with van der Waals surface area (Å²) in [5.41, 5.74) is 3.38. The maximum atomic E-state index is 12.8. The van der Waals surface area contributed by atoms with E-state index in [9.17, 15) is 9.59 Å². The van der Waals surface area contributed by atoms with Gasteiger partial charge >= 0.3 is 0 Å². The van der Waals surface area contributed by atoms with Crippen molar-refractivity contribution in [3.63, 3.8) is 0 Å². The summed E-state index contributed by atoms with van der Waals surface area (Å²) in [7, 11) is 0. The molecular formula is C20H22N2O2. The van der Waals surface area contributed by atoms with E-state index in [-0.39, 0.29) is 17.9 Å². The molecule has 0 saturated carbocycles. The summed E-state index contributed by atoms with van der Waals surface area (Å²) in [6.07, 6.45) is 1.98. The monoisotopic (exact) mass is 322 g/mol. The van der Waals surface area contributed by atoms with Crippen molar-refractivity contribution < 1.29 is 9.59 Å². The number of aryl methyl sites for hydroxylation is 1. The smallest absolute Gasteiger partial charge is 0.258 e. The van der Waals surface area contributed by atoms with Crippen molar-refractivity contribution >= 4 is 17.5 Å². The largest absolute Gasteiger partial charge is 0.350 e. The van der Waals surface area contributed by atoms with E-state index < -0.39 is 0 Å². The lowest BCUT2D eigenvalue weighted by molar-refractivity contribution is 0.0940. The molecule has 2 aromatic carbocycles. The molecule has 24 heavy (non-hydrogen) atoms. The average Bonchev–Trinajstić information content (AvgIpc) is 2.60. The number of fused-ring (bicyclic) bond motifs is 1. The third kappa shape index (κ3) is 3.32. The Hall–Kier alpha value is -2.62. The number of nitrogens with one attached hydrogen (secondary N) is 1. The highest BCUT2D eigenvalue weighted by Crippen LogP contribution is 2.28. The second-order valence-corrected chi connectivity index (χ2v) is 6.39. The van der Waals surface area contributed by atoms with Gasteiger partial charge in [-0.1, -0.05) is 18.2 Å². The predicted octanol–water partition coefficient (Wildman–Crippen LogP) is 3.42. The fourth-order valence-electron chi connectivity index (χ4n) is 3.01. The van der Waals surface area contributed by atoms with Crippen molar-refractivity contribution in [3.05, 3.63) is 65.2 Å². The standard InChI is InChI=1S/C20H22N2O2/c1-14(2)21-19(23)16-9-11-17(12-10-16)20(24)22-13-5-7-15-6-3-4-8-18(15)22/h3-4,6,8-12,14H,5,7,13H2,1-2H3,(H,21,23). The number of para-hydroxylation sites is 1. The van der Waals surface area contributed by atoms with Crippen LogP contribution in [-0.4, -0.2) is 24.4 Å². The van der Waals surface area contributed by atoms with Gasteiger partial charge in [0.25, 0.3) is 11.8 Å². The molecule has 0 unspecified atom stereocenters. The van der Waals surface area contributed by atoms with Gasteiger partial charge < -0.3 is 10.2 Å². The van der Waals surface area contributed by atoms with E-state index in [1.165, 1.54) is 5.56 Å². The Morgan fingerprint density at radius 2 is 1.67 bits per heavy atom. The summed E-state index contributed by atoms with van der Waals surface area (Å²) in [5, 5.41) is 2.85. The van der Waals surface area contributed by atoms with Crippen molar-refractivity contribution in [1.82, 2.24) is 5.32 Å². The van der Waals surface area contributed by atoms with E-state index in [1.807, 2.05) is 36.9 Å². The molecule has 1 aliphatic heterocycles. The van der Waals surface area contributed by atoms with Gasteiger partial charge in [-0.05, 0) is 62.6 Å². The lowest BCUT2D eigenvalue weighted by Crippen LogP contribution is -2.35. The van der Waals surface area contributed by atoms with Gasteiger partial charge in [0.15, 0.2) is 0 Å². The summed E-state index contributed by atoms with van der Waals surface area (Å²) >= 11 is 0. The molecule has 0 atom stereocenters. The maximum absolute atomic E-state index is 12.8. The van der Waals surface area contributed by atoms with Crippen molar-refractivity contribution in [2.24, 2.45) is 0 Å². The molecule has 0 spiro atoms. The summed E-state index contributed by atoms with van der Waals surface area (Å²) in [6.45, 7) is 4.57. The average molecular weight is 322 g/mol. The van der Waals surface area contributed by atoms with Crippen LogP contribution in [0.15, 0.2) is 48.5 Å². The fraction of sp³-hybridized carbons (Fsp3) is 0.300. The zero-order valence-electron chi connectivity index (χ0n) is 14.1. The minimum Gasteiger partial charge on any atom is -0.350 e. The molecule has 4 nitrogen and oxygen atoms in total. The zero-order chi connectivity index (χ0) is 17.1. The lowest BCUT2D eigenvalue weighted by atomic mass is 10.0. The second kappa shape index (κ2) is 6.87. The van der Waals surface area contributed by atoms with Crippen LogP contribution in [0, 0.1) is 0 Å². The SMILES string of the molecule is CC(C)NC(=O)c1ccc(C(=O)N2CCCc3ccccc32)cc1. The first-order chi connectivity index (χ1) is 11.6. The van der Waals surface area contributed by atoms with Crippen molar-refractivity contribution in [2.75, 3.05) is 11.4 Å². The first-order valence-electron chi connectivity index (χ1n) is 8.37. The van der Waals surface area contributed by atoms with E-state index in [2.05, 4.69) is 11.4 Å². The highest BCUT2D eigenvalue weighted by Gasteiger charge is 2.23. The molecule has 0 saturated heterocycles. The van der Waals surface area contributed by atoms with Crippen molar-refractivity contribution in [1.29, 1.82) is 0 Å². The molecule has 0 radical (unpaired) electrons. The number of nitrogens with zero attached hydrogens (tertiary/aromatic N) is 1. The van der Waals surface area contributed by atoms with Gasteiger partial charge in [0.2, 0.25) is 0 Å². The van der Waals surface area contributed by atoms with Crippen LogP contribution in [-0.2, 0) is 6.42 Å². The topological polar surface area (TPSA) is 49.4 Å². The Kier molecular flexibility index (Phi) is 4.65. The summed E-state index contributed by atoms with van der Waals surface area (Å²) in [5.74, 6) is -0.134. The van der Waals surface area contributed by atoms with E-state index in [0.717, 1.165) is 25.1 Å². The Morgan fingerprint density at radius 1 is 1.00 bits per heavy atom. The van der Waals surface area contributed by atoms with Gasteiger partial charge in [0.05, 0.1) is 0 Å². The number of benzene rings is 2. The number of hydrogen-bond acceptors (Lipinski definition) is 2. The number of carbonyl (C=O) groups excluding carboxylic acids is 2. The number of hydrogen-bond donors (Lipinski definition) is 1. The molecule has 3 rings (SSSR count). The van der Waals surface area contributed by atoms with Crippen LogP contribution in [0.5, 0.6) is 0 Å². The van der Waals surface area contributed by atoms with E-state index in [1.54, 1.807) is 24.3 Å². The fourth-order valence-corrected chi connectivity index (χ4v) is 3.01.